The number of ether oxygens (including phenoxy) is 1. The van der Waals surface area contributed by atoms with E-state index in [9.17, 15) is 19.4 Å². The Bertz CT molecular complexity index is 2200. The Balaban J connectivity index is 1.05. The van der Waals surface area contributed by atoms with Gasteiger partial charge in [0.05, 0.1) is 43.0 Å². The number of anilines is 4. The van der Waals surface area contributed by atoms with Crippen LogP contribution in [0.2, 0.25) is 0 Å². The van der Waals surface area contributed by atoms with Gasteiger partial charge in [-0.1, -0.05) is 35.3 Å². The van der Waals surface area contributed by atoms with Crippen molar-refractivity contribution in [3.05, 3.63) is 76.0 Å². The van der Waals surface area contributed by atoms with Crippen molar-refractivity contribution in [1.29, 1.82) is 0 Å². The van der Waals surface area contributed by atoms with E-state index in [-0.39, 0.29) is 18.1 Å². The standard InChI is InChI=1S/C41H48FN9O4S2/c1-28-25-36(46-47-38(28)45-40-43-32-11-4-5-12-34(32)56-40)50(17-7-10-30(52)27-51-21-18-49(19-22-51)20-23-51)41-44-37(39(53)54)35(57-41)13-8-24-55-33-15-14-29(26-31(33)42)9-6-16-48(2)3/h4-5,11-12,14-15,25-26,30,52H,7-8,10,13,16-24,27H2,1-3H3,(H-,43,45,47,53,54)/p+1. The fraction of sp³-hybridized carbons (Fsp3) is 0.439. The van der Waals surface area contributed by atoms with E-state index in [1.165, 1.54) is 28.7 Å². The van der Waals surface area contributed by atoms with Crippen LogP contribution in [0.1, 0.15) is 45.8 Å². The molecule has 0 saturated carbocycles. The number of nitrogens with one attached hydrogen (secondary N) is 1. The number of nitrogens with zero attached hydrogens (tertiary/aromatic N) is 8. The van der Waals surface area contributed by atoms with Crippen molar-refractivity contribution in [3.63, 3.8) is 0 Å². The molecule has 13 nitrogen and oxygen atoms in total. The SMILES string of the molecule is Cc1cc(N(CCCC(O)C[N+]23CCN(CC2)CC3)c2nc(C(=O)O)c(CCCOc3ccc(C#CCN(C)C)cc3F)s2)nnc1Nc1nc2ccccc2s1. The number of halogens is 1. The highest BCUT2D eigenvalue weighted by atomic mass is 32.1. The summed E-state index contributed by atoms with van der Waals surface area (Å²) in [6.07, 6.45) is 1.58. The van der Waals surface area contributed by atoms with Crippen LogP contribution in [-0.2, 0) is 6.42 Å². The van der Waals surface area contributed by atoms with Crippen molar-refractivity contribution in [2.45, 2.75) is 38.7 Å². The summed E-state index contributed by atoms with van der Waals surface area (Å²) in [5.41, 5.74) is 2.26. The van der Waals surface area contributed by atoms with Gasteiger partial charge in [0.2, 0.25) is 0 Å². The van der Waals surface area contributed by atoms with E-state index in [0.29, 0.717) is 71.1 Å². The molecule has 3 aromatic heterocycles. The van der Waals surface area contributed by atoms with Gasteiger partial charge in [0.1, 0.15) is 12.6 Å². The van der Waals surface area contributed by atoms with Crippen LogP contribution in [0.15, 0.2) is 48.5 Å². The maximum absolute atomic E-state index is 14.8. The third-order valence-corrected chi connectivity index (χ3v) is 12.5. The number of carboxylic acids is 1. The molecular weight excluding hydrogens is 766 g/mol. The average Bonchev–Trinajstić information content (AvgIpc) is 3.81. The lowest BCUT2D eigenvalue weighted by molar-refractivity contribution is -0.943. The molecule has 6 heterocycles. The molecule has 3 aliphatic rings. The predicted octanol–water partition coefficient (Wildman–Crippen LogP) is 5.78. The Morgan fingerprint density at radius 3 is 2.58 bits per heavy atom. The summed E-state index contributed by atoms with van der Waals surface area (Å²) in [5, 5.41) is 35.0. The maximum atomic E-state index is 14.8. The van der Waals surface area contributed by atoms with Gasteiger partial charge in [0, 0.05) is 36.6 Å². The number of carboxylic acid groups (broad SMARTS) is 1. The van der Waals surface area contributed by atoms with Crippen LogP contribution in [0.5, 0.6) is 5.75 Å². The van der Waals surface area contributed by atoms with Crippen molar-refractivity contribution < 1.29 is 28.6 Å². The lowest BCUT2D eigenvalue weighted by atomic mass is 10.1. The molecule has 1 unspecified atom stereocenters. The number of hydrogen-bond acceptors (Lipinski definition) is 13. The van der Waals surface area contributed by atoms with Crippen molar-refractivity contribution in [2.24, 2.45) is 0 Å². The second kappa shape index (κ2) is 18.2. The molecule has 3 saturated heterocycles. The third-order valence-electron chi connectivity index (χ3n) is 10.4. The van der Waals surface area contributed by atoms with Gasteiger partial charge < -0.3 is 29.6 Å². The minimum Gasteiger partial charge on any atom is -0.491 e. The highest BCUT2D eigenvalue weighted by Crippen LogP contribution is 2.35. The normalized spacial score (nSPS) is 18.0. The lowest BCUT2D eigenvalue weighted by Gasteiger charge is -2.51. The van der Waals surface area contributed by atoms with Gasteiger partial charge in [-0.2, -0.15) is 0 Å². The van der Waals surface area contributed by atoms with Crippen molar-refractivity contribution in [2.75, 3.05) is 89.8 Å². The Morgan fingerprint density at radius 1 is 1.07 bits per heavy atom. The van der Waals surface area contributed by atoms with Crippen LogP contribution >= 0.6 is 22.7 Å². The van der Waals surface area contributed by atoms with E-state index < -0.39 is 17.9 Å². The minimum absolute atomic E-state index is 0.0364. The zero-order chi connectivity index (χ0) is 39.9. The number of hydrogen-bond donors (Lipinski definition) is 3. The Morgan fingerprint density at radius 2 is 1.86 bits per heavy atom. The summed E-state index contributed by atoms with van der Waals surface area (Å²) < 4.78 is 22.6. The van der Waals surface area contributed by atoms with E-state index in [2.05, 4.69) is 42.2 Å². The number of rotatable bonds is 17. The number of aromatic nitrogens is 4. The second-order valence-corrected chi connectivity index (χ2v) is 17.1. The number of aromatic carboxylic acids is 1. The van der Waals surface area contributed by atoms with Gasteiger partial charge in [-0.25, -0.2) is 19.2 Å². The van der Waals surface area contributed by atoms with Crippen LogP contribution in [0, 0.1) is 24.6 Å². The maximum Gasteiger partial charge on any atom is 0.355 e. The number of para-hydroxylation sites is 1. The second-order valence-electron chi connectivity index (χ2n) is 15.0. The van der Waals surface area contributed by atoms with Gasteiger partial charge in [-0.15, -0.1) is 21.5 Å². The summed E-state index contributed by atoms with van der Waals surface area (Å²) in [4.78, 5) is 28.7. The number of aliphatic hydroxyl groups excluding tert-OH is 1. The Labute approximate surface area is 340 Å². The highest BCUT2D eigenvalue weighted by molar-refractivity contribution is 7.22. The topological polar surface area (TPSA) is 140 Å². The first-order valence-electron chi connectivity index (χ1n) is 19.3. The molecule has 3 fully saturated rings. The molecule has 57 heavy (non-hydrogen) atoms. The molecule has 0 spiro atoms. The Hall–Kier alpha value is -4.76. The summed E-state index contributed by atoms with van der Waals surface area (Å²) in [6.45, 7) is 10.4. The number of quaternary nitrogens is 1. The van der Waals surface area contributed by atoms with Gasteiger partial charge in [-0.05, 0) is 88.7 Å². The highest BCUT2D eigenvalue weighted by Gasteiger charge is 2.39. The molecule has 0 aliphatic carbocycles. The zero-order valence-corrected chi connectivity index (χ0v) is 34.2. The number of benzene rings is 2. The first-order valence-corrected chi connectivity index (χ1v) is 21.0. The molecule has 3 N–H and O–H groups in total. The molecule has 0 radical (unpaired) electrons. The smallest absolute Gasteiger partial charge is 0.355 e. The number of piperazine rings is 3. The number of thiazole rings is 2. The average molecular weight is 815 g/mol. The molecule has 2 aromatic carbocycles. The van der Waals surface area contributed by atoms with Crippen LogP contribution in [-0.4, -0.2) is 136 Å². The number of carbonyl (C=O) groups is 1. The van der Waals surface area contributed by atoms with E-state index in [0.717, 1.165) is 66.1 Å². The molecule has 16 heteroatoms. The molecular formula is C41H49FN9O4S2+. The fourth-order valence-corrected chi connectivity index (χ4v) is 9.29. The molecule has 300 valence electrons. The number of aliphatic hydroxyl groups is 1. The van der Waals surface area contributed by atoms with Crippen molar-refractivity contribution in [3.8, 4) is 17.6 Å². The minimum atomic E-state index is -1.13. The van der Waals surface area contributed by atoms with E-state index in [1.54, 1.807) is 12.1 Å². The third kappa shape index (κ3) is 10.2. The fourth-order valence-electron chi connectivity index (χ4n) is 7.29. The summed E-state index contributed by atoms with van der Waals surface area (Å²) >= 11 is 2.82. The molecule has 1 atom stereocenters. The van der Waals surface area contributed by atoms with E-state index >= 15 is 0 Å². The van der Waals surface area contributed by atoms with Crippen LogP contribution in [0.4, 0.5) is 26.3 Å². The summed E-state index contributed by atoms with van der Waals surface area (Å²) in [5.74, 6) is 5.52. The molecule has 2 bridgehead atoms. The molecule has 8 rings (SSSR count). The summed E-state index contributed by atoms with van der Waals surface area (Å²) in [7, 11) is 3.83. The van der Waals surface area contributed by atoms with E-state index in [4.69, 9.17) is 4.74 Å². The summed E-state index contributed by atoms with van der Waals surface area (Å²) in [6, 6.07) is 14.5. The van der Waals surface area contributed by atoms with Gasteiger partial charge >= 0.3 is 5.97 Å². The molecule has 3 aliphatic heterocycles. The number of fused-ring (bicyclic) bond motifs is 4. The van der Waals surface area contributed by atoms with Crippen LogP contribution in [0.25, 0.3) is 10.2 Å². The van der Waals surface area contributed by atoms with Crippen molar-refractivity contribution in [1.82, 2.24) is 30.0 Å². The van der Waals surface area contributed by atoms with Crippen molar-refractivity contribution >= 4 is 60.8 Å². The lowest BCUT2D eigenvalue weighted by Crippen LogP contribution is -2.68. The van der Waals surface area contributed by atoms with Gasteiger partial charge in [0.15, 0.2) is 39.2 Å². The largest absolute Gasteiger partial charge is 0.491 e. The molecule has 5 aromatic rings. The van der Waals surface area contributed by atoms with Crippen LogP contribution < -0.4 is 15.0 Å². The van der Waals surface area contributed by atoms with Crippen LogP contribution in [0.3, 0.4) is 0 Å². The first-order chi connectivity index (χ1) is 27.5. The first kappa shape index (κ1) is 40.4. The monoisotopic (exact) mass is 814 g/mol. The Kier molecular flexibility index (Phi) is 12.9. The predicted molar refractivity (Wildman–Crippen MR) is 223 cm³/mol. The molecule has 0 amide bonds. The van der Waals surface area contributed by atoms with E-state index in [1.807, 2.05) is 61.2 Å². The zero-order valence-electron chi connectivity index (χ0n) is 32.6. The van der Waals surface area contributed by atoms with Gasteiger partial charge in [-0.3, -0.25) is 9.80 Å². The number of aryl methyl sites for hydroxylation is 2. The van der Waals surface area contributed by atoms with Gasteiger partial charge in [0.25, 0.3) is 0 Å². The quantitative estimate of drug-likeness (QED) is 0.0596.